The average molecular weight is 184 g/mol. The number of nitrogens with one attached hydrogen (secondary N) is 2. The number of allylic oxidation sites excluding steroid dienone is 1. The van der Waals surface area contributed by atoms with Gasteiger partial charge in [0.05, 0.1) is 6.10 Å². The molecule has 1 heterocycles. The van der Waals surface area contributed by atoms with Gasteiger partial charge in [0.15, 0.2) is 5.11 Å². The Kier molecular flexibility index (Phi) is 2.02. The zero-order valence-electron chi connectivity index (χ0n) is 6.76. The Labute approximate surface area is 76.8 Å². The van der Waals surface area contributed by atoms with Crippen molar-refractivity contribution in [3.05, 3.63) is 11.3 Å². The lowest BCUT2D eigenvalue weighted by Crippen LogP contribution is -2.45. The van der Waals surface area contributed by atoms with Gasteiger partial charge in [-0.2, -0.15) is 0 Å². The van der Waals surface area contributed by atoms with E-state index in [0.717, 1.165) is 30.5 Å². The largest absolute Gasteiger partial charge is 0.389 e. The van der Waals surface area contributed by atoms with Crippen LogP contribution in [-0.4, -0.2) is 22.9 Å². The minimum Gasteiger partial charge on any atom is -0.389 e. The van der Waals surface area contributed by atoms with E-state index in [-0.39, 0.29) is 6.10 Å². The second-order valence-corrected chi connectivity index (χ2v) is 3.63. The molecular formula is C8H12N2OS. The fourth-order valence-corrected chi connectivity index (χ4v) is 1.93. The molecule has 0 saturated heterocycles. The summed E-state index contributed by atoms with van der Waals surface area (Å²) in [6, 6.07) is 0. The fraction of sp³-hybridized carbons (Fsp3) is 0.625. The van der Waals surface area contributed by atoms with E-state index in [1.807, 2.05) is 0 Å². The summed E-state index contributed by atoms with van der Waals surface area (Å²) in [6.45, 7) is 0.711. The third kappa shape index (κ3) is 1.32. The first-order chi connectivity index (χ1) is 5.77. The van der Waals surface area contributed by atoms with Gasteiger partial charge in [0, 0.05) is 12.2 Å². The fourth-order valence-electron chi connectivity index (χ4n) is 1.73. The summed E-state index contributed by atoms with van der Waals surface area (Å²) in [5.41, 5.74) is 2.23. The predicted molar refractivity (Wildman–Crippen MR) is 50.6 cm³/mol. The molecule has 1 unspecified atom stereocenters. The molecular weight excluding hydrogens is 172 g/mol. The zero-order valence-corrected chi connectivity index (χ0v) is 7.58. The van der Waals surface area contributed by atoms with Crippen LogP contribution in [0.1, 0.15) is 19.3 Å². The first kappa shape index (κ1) is 8.01. The maximum Gasteiger partial charge on any atom is 0.170 e. The Bertz CT molecular complexity index is 249. The van der Waals surface area contributed by atoms with Gasteiger partial charge in [-0.1, -0.05) is 0 Å². The number of hydrogen-bond donors (Lipinski definition) is 3. The number of aliphatic hydroxyl groups is 1. The number of thiocarbonyl (C=S) groups is 1. The highest BCUT2D eigenvalue weighted by Crippen LogP contribution is 2.24. The summed E-state index contributed by atoms with van der Waals surface area (Å²) in [5.74, 6) is 0. The van der Waals surface area contributed by atoms with Gasteiger partial charge in [0.2, 0.25) is 0 Å². The summed E-state index contributed by atoms with van der Waals surface area (Å²) in [5, 5.41) is 16.4. The molecule has 0 aromatic heterocycles. The van der Waals surface area contributed by atoms with Crippen molar-refractivity contribution in [3.63, 3.8) is 0 Å². The third-order valence-corrected chi connectivity index (χ3v) is 2.64. The lowest BCUT2D eigenvalue weighted by Gasteiger charge is -2.30. The first-order valence-corrected chi connectivity index (χ1v) is 4.63. The van der Waals surface area contributed by atoms with Crippen LogP contribution in [0.15, 0.2) is 11.3 Å². The highest BCUT2D eigenvalue weighted by molar-refractivity contribution is 7.80. The Morgan fingerprint density at radius 1 is 1.50 bits per heavy atom. The normalized spacial score (nSPS) is 29.1. The van der Waals surface area contributed by atoms with Crippen molar-refractivity contribution in [1.82, 2.24) is 10.6 Å². The molecule has 0 bridgehead atoms. The van der Waals surface area contributed by atoms with Crippen LogP contribution in [0.25, 0.3) is 0 Å². The molecule has 0 saturated carbocycles. The molecule has 0 radical (unpaired) electrons. The molecule has 66 valence electrons. The molecule has 0 amide bonds. The lowest BCUT2D eigenvalue weighted by molar-refractivity contribution is 0.184. The van der Waals surface area contributed by atoms with Crippen LogP contribution in [0.4, 0.5) is 0 Å². The van der Waals surface area contributed by atoms with Crippen molar-refractivity contribution >= 4 is 17.3 Å². The van der Waals surface area contributed by atoms with Crippen molar-refractivity contribution in [2.75, 3.05) is 6.54 Å². The molecule has 3 N–H and O–H groups in total. The Balaban J connectivity index is 2.24. The molecule has 2 rings (SSSR count). The molecule has 0 fully saturated rings. The zero-order chi connectivity index (χ0) is 8.55. The van der Waals surface area contributed by atoms with Crippen molar-refractivity contribution in [2.45, 2.75) is 25.4 Å². The molecule has 2 aliphatic rings. The number of aliphatic hydroxyl groups excluding tert-OH is 1. The van der Waals surface area contributed by atoms with Crippen LogP contribution in [0.3, 0.4) is 0 Å². The molecule has 1 atom stereocenters. The van der Waals surface area contributed by atoms with E-state index in [1.165, 1.54) is 0 Å². The molecule has 1 aliphatic carbocycles. The first-order valence-electron chi connectivity index (χ1n) is 4.22. The van der Waals surface area contributed by atoms with Gasteiger partial charge in [0.25, 0.3) is 0 Å². The smallest absolute Gasteiger partial charge is 0.170 e. The van der Waals surface area contributed by atoms with Crippen molar-refractivity contribution in [3.8, 4) is 0 Å². The SMILES string of the molecule is OC1CCCC2=C1CNC(=S)N2. The molecule has 12 heavy (non-hydrogen) atoms. The standard InChI is InChI=1S/C8H12N2OS/c11-7-3-1-2-6-5(7)4-9-8(12)10-6/h7,11H,1-4H2,(H2,9,10,12). The summed E-state index contributed by atoms with van der Waals surface area (Å²) >= 11 is 4.97. The highest BCUT2D eigenvalue weighted by Gasteiger charge is 2.24. The van der Waals surface area contributed by atoms with Gasteiger partial charge < -0.3 is 15.7 Å². The topological polar surface area (TPSA) is 44.3 Å². The summed E-state index contributed by atoms with van der Waals surface area (Å²) in [4.78, 5) is 0. The van der Waals surface area contributed by atoms with Crippen LogP contribution < -0.4 is 10.6 Å². The summed E-state index contributed by atoms with van der Waals surface area (Å²) in [6.07, 6.45) is 2.69. The van der Waals surface area contributed by atoms with E-state index in [2.05, 4.69) is 10.6 Å². The second-order valence-electron chi connectivity index (χ2n) is 3.22. The second kappa shape index (κ2) is 3.03. The number of rotatable bonds is 0. The average Bonchev–Trinajstić information content (AvgIpc) is 2.04. The van der Waals surface area contributed by atoms with Crippen LogP contribution >= 0.6 is 12.2 Å². The Morgan fingerprint density at radius 3 is 3.17 bits per heavy atom. The summed E-state index contributed by atoms with van der Waals surface area (Å²) < 4.78 is 0. The van der Waals surface area contributed by atoms with Crippen molar-refractivity contribution < 1.29 is 5.11 Å². The number of hydrogen-bond acceptors (Lipinski definition) is 2. The predicted octanol–water partition coefficient (Wildman–Crippen LogP) is 0.263. The highest BCUT2D eigenvalue weighted by atomic mass is 32.1. The minimum atomic E-state index is -0.267. The lowest BCUT2D eigenvalue weighted by atomic mass is 9.92. The van der Waals surface area contributed by atoms with Crippen molar-refractivity contribution in [2.24, 2.45) is 0 Å². The molecule has 0 spiro atoms. The maximum atomic E-state index is 9.61. The monoisotopic (exact) mass is 184 g/mol. The van der Waals surface area contributed by atoms with Crippen molar-refractivity contribution in [1.29, 1.82) is 0 Å². The van der Waals surface area contributed by atoms with Crippen LogP contribution in [0.2, 0.25) is 0 Å². The Morgan fingerprint density at radius 2 is 2.33 bits per heavy atom. The van der Waals surface area contributed by atoms with Crippen LogP contribution in [-0.2, 0) is 0 Å². The van der Waals surface area contributed by atoms with E-state index >= 15 is 0 Å². The molecule has 0 aromatic carbocycles. The van der Waals surface area contributed by atoms with E-state index < -0.39 is 0 Å². The van der Waals surface area contributed by atoms with Gasteiger partial charge in [0.1, 0.15) is 0 Å². The molecule has 1 aliphatic heterocycles. The Hall–Kier alpha value is -0.610. The maximum absolute atomic E-state index is 9.61. The molecule has 3 nitrogen and oxygen atoms in total. The van der Waals surface area contributed by atoms with E-state index in [4.69, 9.17) is 12.2 Å². The quantitative estimate of drug-likeness (QED) is 0.473. The van der Waals surface area contributed by atoms with Gasteiger partial charge in [-0.3, -0.25) is 0 Å². The minimum absolute atomic E-state index is 0.267. The van der Waals surface area contributed by atoms with Crippen LogP contribution in [0, 0.1) is 0 Å². The molecule has 4 heteroatoms. The van der Waals surface area contributed by atoms with Gasteiger partial charge in [-0.15, -0.1) is 0 Å². The van der Waals surface area contributed by atoms with Crippen LogP contribution in [0.5, 0.6) is 0 Å². The third-order valence-electron chi connectivity index (χ3n) is 2.40. The molecule has 0 aromatic rings. The van der Waals surface area contributed by atoms with Gasteiger partial charge in [-0.05, 0) is 37.1 Å². The van der Waals surface area contributed by atoms with E-state index in [9.17, 15) is 5.11 Å². The van der Waals surface area contributed by atoms with E-state index in [1.54, 1.807) is 0 Å². The van der Waals surface area contributed by atoms with E-state index in [0.29, 0.717) is 11.7 Å². The van der Waals surface area contributed by atoms with Gasteiger partial charge >= 0.3 is 0 Å². The van der Waals surface area contributed by atoms with Gasteiger partial charge in [-0.25, -0.2) is 0 Å². The summed E-state index contributed by atoms with van der Waals surface area (Å²) in [7, 11) is 0.